The zero-order valence-electron chi connectivity index (χ0n) is 16.3. The van der Waals surface area contributed by atoms with Crippen LogP contribution in [0.4, 0.5) is 5.13 Å². The number of carbonyl (C=O) groups is 2. The molecule has 1 amide bonds. The monoisotopic (exact) mass is 552 g/mol. The third kappa shape index (κ3) is 4.70. The van der Waals surface area contributed by atoms with Crippen molar-refractivity contribution >= 4 is 62.5 Å². The van der Waals surface area contributed by atoms with E-state index in [1.165, 1.54) is 24.6 Å². The topological polar surface area (TPSA) is 96.5 Å². The number of halogens is 2. The Labute approximate surface area is 191 Å². The van der Waals surface area contributed by atoms with Gasteiger partial charge < -0.3 is 24.7 Å². The van der Waals surface area contributed by atoms with Gasteiger partial charge in [-0.05, 0) is 13.3 Å². The molecule has 1 fully saturated rings. The Balaban J connectivity index is 1.69. The van der Waals surface area contributed by atoms with Crippen LogP contribution >= 0.6 is 45.5 Å². The average Bonchev–Trinajstić information content (AvgIpc) is 3.33. The molecule has 2 aromatic heterocycles. The molecule has 1 saturated heterocycles. The van der Waals surface area contributed by atoms with Crippen LogP contribution in [0.25, 0.3) is 0 Å². The normalized spacial score (nSPS) is 19.3. The molecule has 0 radical (unpaired) electrons. The number of rotatable bonds is 6. The van der Waals surface area contributed by atoms with Crippen molar-refractivity contribution in [2.45, 2.75) is 29.9 Å². The van der Waals surface area contributed by atoms with Crippen LogP contribution in [0, 0.1) is 6.92 Å². The van der Waals surface area contributed by atoms with E-state index in [2.05, 4.69) is 42.8 Å². The summed E-state index contributed by atoms with van der Waals surface area (Å²) in [5, 5.41) is 4.42. The molecule has 29 heavy (non-hydrogen) atoms. The maximum Gasteiger partial charge on any atom is 0.349 e. The molecule has 3 rings (SSSR count). The maximum atomic E-state index is 12.8. The number of esters is 1. The van der Waals surface area contributed by atoms with Crippen LogP contribution in [0.5, 0.6) is 0 Å². The van der Waals surface area contributed by atoms with Gasteiger partial charge in [0.1, 0.15) is 10.6 Å². The first-order valence-electron chi connectivity index (χ1n) is 8.95. The second-order valence-corrected chi connectivity index (χ2v) is 8.79. The summed E-state index contributed by atoms with van der Waals surface area (Å²) in [5.41, 5.74) is 2.10. The van der Waals surface area contributed by atoms with Crippen molar-refractivity contribution in [3.05, 3.63) is 33.0 Å². The predicted octanol–water partition coefficient (Wildman–Crippen LogP) is 3.18. The lowest BCUT2D eigenvalue weighted by Gasteiger charge is -2.37. The lowest BCUT2D eigenvalue weighted by Crippen LogP contribution is -2.55. The molecule has 1 aliphatic heterocycles. The van der Waals surface area contributed by atoms with Gasteiger partial charge in [0, 0.05) is 35.9 Å². The molecule has 0 saturated carbocycles. The van der Waals surface area contributed by atoms with Crippen LogP contribution in [0.2, 0.25) is 5.02 Å². The molecule has 8 nitrogen and oxygen atoms in total. The number of aryl methyl sites for hydroxylation is 1. The minimum Gasteiger partial charge on any atom is -0.465 e. The number of hydrogen-bond donors (Lipinski definition) is 2. The van der Waals surface area contributed by atoms with Crippen molar-refractivity contribution in [1.82, 2.24) is 15.3 Å². The Morgan fingerprint density at radius 1 is 1.48 bits per heavy atom. The van der Waals surface area contributed by atoms with Gasteiger partial charge in [0.05, 0.1) is 30.5 Å². The Bertz CT molecular complexity index is 903. The summed E-state index contributed by atoms with van der Waals surface area (Å²) in [7, 11) is 2.97. The molecule has 1 aliphatic rings. The number of nitrogens with zero attached hydrogens (tertiary/aromatic N) is 2. The molecule has 11 heteroatoms. The van der Waals surface area contributed by atoms with E-state index in [0.29, 0.717) is 39.5 Å². The number of anilines is 1. The van der Waals surface area contributed by atoms with Gasteiger partial charge in [-0.3, -0.25) is 4.79 Å². The van der Waals surface area contributed by atoms with Crippen molar-refractivity contribution in [2.24, 2.45) is 0 Å². The smallest absolute Gasteiger partial charge is 0.349 e. The van der Waals surface area contributed by atoms with E-state index < -0.39 is 5.97 Å². The maximum absolute atomic E-state index is 12.8. The molecular weight excluding hydrogens is 531 g/mol. The predicted molar refractivity (Wildman–Crippen MR) is 121 cm³/mol. The van der Waals surface area contributed by atoms with Gasteiger partial charge in [-0.15, -0.1) is 0 Å². The third-order valence-corrected chi connectivity index (χ3v) is 7.21. The molecule has 158 valence electrons. The number of aromatic amines is 1. The number of amides is 1. The van der Waals surface area contributed by atoms with E-state index in [4.69, 9.17) is 21.1 Å². The highest BCUT2D eigenvalue weighted by Gasteiger charge is 2.33. The highest BCUT2D eigenvalue weighted by Crippen LogP contribution is 2.29. The first kappa shape index (κ1) is 22.3. The number of carbonyl (C=O) groups excluding carboxylic acids is 2. The minimum absolute atomic E-state index is 0.145. The standard InChI is InChI=1S/C18H22ClIN4O4S/c1-9-14(19)10(6-20)15(22-9)16(25)23-11-4-5-24(8-12(11)27-2)18-21-7-13(29-18)17(26)28-3/h7,11-12,22H,4-6,8H2,1-3H3,(H,23,25). The van der Waals surface area contributed by atoms with Gasteiger partial charge in [-0.1, -0.05) is 45.5 Å². The number of H-pyrrole nitrogens is 1. The van der Waals surface area contributed by atoms with E-state index in [0.717, 1.165) is 16.4 Å². The van der Waals surface area contributed by atoms with Crippen molar-refractivity contribution in [1.29, 1.82) is 0 Å². The molecule has 0 aliphatic carbocycles. The molecule has 3 heterocycles. The fourth-order valence-electron chi connectivity index (χ4n) is 3.31. The quantitative estimate of drug-likeness (QED) is 0.325. The number of thiazole rings is 1. The number of hydrogen-bond acceptors (Lipinski definition) is 7. The summed E-state index contributed by atoms with van der Waals surface area (Å²) in [6, 6.07) is -0.145. The highest BCUT2D eigenvalue weighted by molar-refractivity contribution is 14.1. The summed E-state index contributed by atoms with van der Waals surface area (Å²) in [6.45, 7) is 3.09. The lowest BCUT2D eigenvalue weighted by molar-refractivity contribution is 0.0540. The Hall–Kier alpha value is -1.37. The minimum atomic E-state index is -0.398. The van der Waals surface area contributed by atoms with E-state index >= 15 is 0 Å². The molecule has 2 aromatic rings. The van der Waals surface area contributed by atoms with Crippen molar-refractivity contribution in [2.75, 3.05) is 32.2 Å². The Morgan fingerprint density at radius 3 is 2.90 bits per heavy atom. The molecule has 0 bridgehead atoms. The zero-order chi connectivity index (χ0) is 21.1. The summed E-state index contributed by atoms with van der Waals surface area (Å²) in [4.78, 5) is 34.4. The van der Waals surface area contributed by atoms with Crippen molar-refractivity contribution in [3.8, 4) is 0 Å². The number of ether oxygens (including phenoxy) is 2. The van der Waals surface area contributed by atoms with E-state index in [1.807, 2.05) is 6.92 Å². The van der Waals surface area contributed by atoms with Crippen molar-refractivity contribution < 1.29 is 19.1 Å². The largest absolute Gasteiger partial charge is 0.465 e. The second kappa shape index (κ2) is 9.63. The van der Waals surface area contributed by atoms with Gasteiger partial charge in [0.25, 0.3) is 5.91 Å². The van der Waals surface area contributed by atoms with Crippen LogP contribution in [-0.4, -0.2) is 61.3 Å². The van der Waals surface area contributed by atoms with Gasteiger partial charge in [-0.2, -0.15) is 0 Å². The molecule has 2 unspecified atom stereocenters. The molecule has 0 aromatic carbocycles. The summed E-state index contributed by atoms with van der Waals surface area (Å²) >= 11 is 9.77. The van der Waals surface area contributed by atoms with E-state index in [1.54, 1.807) is 7.11 Å². The van der Waals surface area contributed by atoms with Crippen LogP contribution in [0.1, 0.15) is 37.8 Å². The van der Waals surface area contributed by atoms with Gasteiger partial charge in [-0.25, -0.2) is 9.78 Å². The van der Waals surface area contributed by atoms with Crippen molar-refractivity contribution in [3.63, 3.8) is 0 Å². The number of alkyl halides is 1. The fraction of sp³-hybridized carbons (Fsp3) is 0.500. The van der Waals surface area contributed by atoms with Crippen LogP contribution in [-0.2, 0) is 13.9 Å². The van der Waals surface area contributed by atoms with Crippen LogP contribution < -0.4 is 10.2 Å². The summed E-state index contributed by atoms with van der Waals surface area (Å²) < 4.78 is 11.0. The van der Waals surface area contributed by atoms with Gasteiger partial charge >= 0.3 is 5.97 Å². The average molecular weight is 553 g/mol. The summed E-state index contributed by atoms with van der Waals surface area (Å²) in [5.74, 6) is -0.584. The molecule has 2 atom stereocenters. The summed E-state index contributed by atoms with van der Waals surface area (Å²) in [6.07, 6.45) is 1.99. The molecule has 2 N–H and O–H groups in total. The third-order valence-electron chi connectivity index (χ3n) is 4.90. The molecule has 0 spiro atoms. The fourth-order valence-corrected chi connectivity index (χ4v) is 5.38. The van der Waals surface area contributed by atoms with Crippen LogP contribution in [0.15, 0.2) is 6.20 Å². The number of nitrogens with one attached hydrogen (secondary N) is 2. The number of methoxy groups -OCH3 is 2. The SMILES string of the molecule is COC(=O)c1cnc(N2CCC(NC(=O)c3[nH]c(C)c(Cl)c3CI)C(OC)C2)s1. The first-order valence-corrected chi connectivity index (χ1v) is 11.7. The highest BCUT2D eigenvalue weighted by atomic mass is 127. The van der Waals surface area contributed by atoms with Gasteiger partial charge in [0.2, 0.25) is 0 Å². The first-order chi connectivity index (χ1) is 13.9. The number of aromatic nitrogens is 2. The second-order valence-electron chi connectivity index (χ2n) is 6.64. The van der Waals surface area contributed by atoms with E-state index in [9.17, 15) is 9.59 Å². The Kier molecular flexibility index (Phi) is 7.41. The number of piperidine rings is 1. The van der Waals surface area contributed by atoms with Crippen LogP contribution in [0.3, 0.4) is 0 Å². The zero-order valence-corrected chi connectivity index (χ0v) is 20.0. The lowest BCUT2D eigenvalue weighted by atomic mass is 10.0. The van der Waals surface area contributed by atoms with E-state index in [-0.39, 0.29) is 18.1 Å². The Morgan fingerprint density at radius 2 is 2.24 bits per heavy atom. The molecular formula is C18H22ClIN4O4S. The van der Waals surface area contributed by atoms with Gasteiger partial charge in [0.15, 0.2) is 5.13 Å².